The van der Waals surface area contributed by atoms with Crippen molar-refractivity contribution in [3.63, 3.8) is 0 Å². The number of allylic oxidation sites excluding steroid dienone is 1. The van der Waals surface area contributed by atoms with E-state index in [1.807, 2.05) is 26.0 Å². The largest absolute Gasteiger partial charge is 0.454 e. The van der Waals surface area contributed by atoms with E-state index in [1.54, 1.807) is 6.07 Å². The Morgan fingerprint density at radius 1 is 1.29 bits per heavy atom. The highest BCUT2D eigenvalue weighted by Crippen LogP contribution is 2.18. The summed E-state index contributed by atoms with van der Waals surface area (Å²) in [4.78, 5) is 10.5. The Bertz CT molecular complexity index is 450. The monoisotopic (exact) mass is 243 g/mol. The Morgan fingerprint density at radius 3 is 2.47 bits per heavy atom. The van der Waals surface area contributed by atoms with Crippen LogP contribution in [0.15, 0.2) is 30.5 Å². The molecule has 0 heterocycles. The molecular weight excluding hydrogens is 231 g/mol. The van der Waals surface area contributed by atoms with Crippen LogP contribution in [-0.2, 0) is 4.79 Å². The molecule has 0 saturated heterocycles. The number of ketones is 1. The smallest absolute Gasteiger partial charge is 0.361 e. The molecule has 0 spiro atoms. The Labute approximate surface area is 97.1 Å². The lowest BCUT2D eigenvalue weighted by Gasteiger charge is -2.06. The average Bonchev–Trinajstić information content (AvgIpc) is 2.19. The van der Waals surface area contributed by atoms with Gasteiger partial charge in [0.15, 0.2) is 0 Å². The molecule has 0 fully saturated rings. The lowest BCUT2D eigenvalue weighted by molar-refractivity contribution is -0.165. The number of carbonyl (C=O) groups is 1. The molecule has 1 aromatic rings. The van der Waals surface area contributed by atoms with Crippen LogP contribution in [0.25, 0.3) is 0 Å². The number of rotatable bonds is 3. The topological polar surface area (TPSA) is 29.1 Å². The first-order chi connectivity index (χ1) is 7.80. The molecule has 0 bridgehead atoms. The van der Waals surface area contributed by atoms with Gasteiger partial charge in [0, 0.05) is 18.0 Å². The van der Waals surface area contributed by atoms with Crippen LogP contribution in [0.1, 0.15) is 11.1 Å². The molecule has 0 radical (unpaired) electrons. The third-order valence-electron chi connectivity index (χ3n) is 2.13. The highest BCUT2D eigenvalue weighted by Gasteiger charge is 2.35. The fourth-order valence-corrected chi connectivity index (χ4v) is 1.28. The van der Waals surface area contributed by atoms with Crippen molar-refractivity contribution >= 4 is 11.5 Å². The second-order valence-electron chi connectivity index (χ2n) is 3.66. The molecule has 2 nitrogen and oxygen atoms in total. The van der Waals surface area contributed by atoms with Gasteiger partial charge in [-0.25, -0.2) is 0 Å². The standard InChI is InChI=1S/C12H12F3NO/c1-8-3-4-10(9(2)7-8)16-6-5-11(17)12(13,14)15/h3-7,16H,1-2H3. The number of aryl methyl sites for hydroxylation is 2. The van der Waals surface area contributed by atoms with Crippen LogP contribution >= 0.6 is 0 Å². The summed E-state index contributed by atoms with van der Waals surface area (Å²) in [5.41, 5.74) is 2.62. The van der Waals surface area contributed by atoms with Gasteiger partial charge < -0.3 is 5.32 Å². The Kier molecular flexibility index (Phi) is 3.93. The van der Waals surface area contributed by atoms with E-state index in [9.17, 15) is 18.0 Å². The third-order valence-corrected chi connectivity index (χ3v) is 2.13. The highest BCUT2D eigenvalue weighted by atomic mass is 19.4. The molecule has 0 aromatic heterocycles. The zero-order valence-corrected chi connectivity index (χ0v) is 9.43. The van der Waals surface area contributed by atoms with Gasteiger partial charge in [-0.3, -0.25) is 4.79 Å². The number of alkyl halides is 3. The Hall–Kier alpha value is -1.78. The molecule has 0 aliphatic carbocycles. The van der Waals surface area contributed by atoms with E-state index in [0.29, 0.717) is 11.8 Å². The minimum Gasteiger partial charge on any atom is -0.361 e. The summed E-state index contributed by atoms with van der Waals surface area (Å²) in [5, 5.41) is 2.64. The summed E-state index contributed by atoms with van der Waals surface area (Å²) >= 11 is 0. The van der Waals surface area contributed by atoms with Crippen LogP contribution < -0.4 is 5.32 Å². The van der Waals surface area contributed by atoms with Crippen LogP contribution in [0.4, 0.5) is 18.9 Å². The summed E-state index contributed by atoms with van der Waals surface area (Å²) in [7, 11) is 0. The predicted octanol–water partition coefficient (Wildman–Crippen LogP) is 3.36. The van der Waals surface area contributed by atoms with Gasteiger partial charge in [-0.15, -0.1) is 0 Å². The molecule has 1 rings (SSSR count). The maximum Gasteiger partial charge on any atom is 0.454 e. The number of hydrogen-bond acceptors (Lipinski definition) is 2. The van der Waals surface area contributed by atoms with Crippen LogP contribution in [-0.4, -0.2) is 12.0 Å². The number of carbonyl (C=O) groups excluding carboxylic acids is 1. The molecule has 0 aliphatic rings. The molecule has 1 aromatic carbocycles. The fourth-order valence-electron chi connectivity index (χ4n) is 1.28. The van der Waals surface area contributed by atoms with Gasteiger partial charge in [0.2, 0.25) is 0 Å². The minimum absolute atomic E-state index is 0.472. The summed E-state index contributed by atoms with van der Waals surface area (Å²) in [6.07, 6.45) is -3.35. The van der Waals surface area contributed by atoms with Crippen molar-refractivity contribution in [3.8, 4) is 0 Å². The van der Waals surface area contributed by atoms with E-state index in [4.69, 9.17) is 0 Å². The van der Waals surface area contributed by atoms with Crippen LogP contribution in [0.5, 0.6) is 0 Å². The van der Waals surface area contributed by atoms with Crippen LogP contribution in [0.3, 0.4) is 0 Å². The lowest BCUT2D eigenvalue weighted by Crippen LogP contribution is -2.20. The number of hydrogen-bond donors (Lipinski definition) is 1. The van der Waals surface area contributed by atoms with Gasteiger partial charge in [-0.1, -0.05) is 17.7 Å². The predicted molar refractivity (Wildman–Crippen MR) is 59.7 cm³/mol. The molecule has 0 atom stereocenters. The zero-order valence-electron chi connectivity index (χ0n) is 9.43. The average molecular weight is 243 g/mol. The van der Waals surface area contributed by atoms with E-state index >= 15 is 0 Å². The summed E-state index contributed by atoms with van der Waals surface area (Å²) < 4.78 is 35.6. The van der Waals surface area contributed by atoms with E-state index in [1.165, 1.54) is 0 Å². The van der Waals surface area contributed by atoms with Crippen LogP contribution in [0.2, 0.25) is 0 Å². The number of benzene rings is 1. The Balaban J connectivity index is 2.68. The van der Waals surface area contributed by atoms with E-state index in [-0.39, 0.29) is 0 Å². The van der Waals surface area contributed by atoms with E-state index in [2.05, 4.69) is 5.32 Å². The fraction of sp³-hybridized carbons (Fsp3) is 0.250. The first-order valence-electron chi connectivity index (χ1n) is 4.92. The highest BCUT2D eigenvalue weighted by molar-refractivity contribution is 5.94. The van der Waals surface area contributed by atoms with Gasteiger partial charge >= 0.3 is 6.18 Å². The summed E-state index contributed by atoms with van der Waals surface area (Å²) in [6.45, 7) is 3.74. The second kappa shape index (κ2) is 5.03. The minimum atomic E-state index is -4.82. The van der Waals surface area contributed by atoms with E-state index < -0.39 is 12.0 Å². The van der Waals surface area contributed by atoms with Crippen molar-refractivity contribution in [2.45, 2.75) is 20.0 Å². The Morgan fingerprint density at radius 2 is 1.94 bits per heavy atom. The molecule has 5 heteroatoms. The molecule has 17 heavy (non-hydrogen) atoms. The molecule has 0 unspecified atom stereocenters. The van der Waals surface area contributed by atoms with Gasteiger partial charge in [-0.05, 0) is 25.5 Å². The molecule has 92 valence electrons. The van der Waals surface area contributed by atoms with Gasteiger partial charge in [0.25, 0.3) is 5.78 Å². The van der Waals surface area contributed by atoms with Crippen molar-refractivity contribution in [2.24, 2.45) is 0 Å². The van der Waals surface area contributed by atoms with Crippen LogP contribution in [0, 0.1) is 13.8 Å². The van der Waals surface area contributed by atoms with Gasteiger partial charge in [0.1, 0.15) is 0 Å². The van der Waals surface area contributed by atoms with Crippen molar-refractivity contribution in [3.05, 3.63) is 41.6 Å². The maximum absolute atomic E-state index is 11.9. The molecule has 0 amide bonds. The van der Waals surface area contributed by atoms with E-state index in [0.717, 1.165) is 17.3 Å². The van der Waals surface area contributed by atoms with Crippen molar-refractivity contribution in [1.82, 2.24) is 0 Å². The SMILES string of the molecule is Cc1ccc(NC=CC(=O)C(F)(F)F)c(C)c1. The second-order valence-corrected chi connectivity index (χ2v) is 3.66. The zero-order chi connectivity index (χ0) is 13.1. The summed E-state index contributed by atoms with van der Waals surface area (Å²) in [5.74, 6) is -1.88. The van der Waals surface area contributed by atoms with Crippen molar-refractivity contribution in [2.75, 3.05) is 5.32 Å². The van der Waals surface area contributed by atoms with Crippen molar-refractivity contribution < 1.29 is 18.0 Å². The third kappa shape index (κ3) is 3.94. The first-order valence-corrected chi connectivity index (χ1v) is 4.92. The van der Waals surface area contributed by atoms with Gasteiger partial charge in [-0.2, -0.15) is 13.2 Å². The summed E-state index contributed by atoms with van der Waals surface area (Å²) in [6, 6.07) is 5.46. The molecule has 0 aliphatic heterocycles. The first kappa shape index (κ1) is 13.3. The number of nitrogens with one attached hydrogen (secondary N) is 1. The normalized spacial score (nSPS) is 11.8. The molecule has 1 N–H and O–H groups in total. The maximum atomic E-state index is 11.9. The van der Waals surface area contributed by atoms with Gasteiger partial charge in [0.05, 0.1) is 0 Å². The molecular formula is C12H12F3NO. The quantitative estimate of drug-likeness (QED) is 0.825. The number of halogens is 3. The number of anilines is 1. The molecule has 0 saturated carbocycles. The lowest BCUT2D eigenvalue weighted by atomic mass is 10.1. The van der Waals surface area contributed by atoms with Crippen molar-refractivity contribution in [1.29, 1.82) is 0 Å².